The molecule has 0 unspecified atom stereocenters. The fourth-order valence-corrected chi connectivity index (χ4v) is 3.68. The largest absolute Gasteiger partial charge is 0.356 e. The number of fused-ring (bicyclic) bond motifs is 1. The van der Waals surface area contributed by atoms with Gasteiger partial charge < -0.3 is 14.8 Å². The van der Waals surface area contributed by atoms with Crippen molar-refractivity contribution in [1.82, 2.24) is 19.9 Å². The van der Waals surface area contributed by atoms with Crippen molar-refractivity contribution < 1.29 is 4.79 Å². The third kappa shape index (κ3) is 3.00. The lowest BCUT2D eigenvalue weighted by atomic mass is 10.1. The van der Waals surface area contributed by atoms with Crippen LogP contribution in [0.25, 0.3) is 0 Å². The van der Waals surface area contributed by atoms with E-state index < -0.39 is 0 Å². The Hall–Kier alpha value is -2.37. The van der Waals surface area contributed by atoms with Crippen molar-refractivity contribution in [1.29, 1.82) is 0 Å². The van der Waals surface area contributed by atoms with Gasteiger partial charge in [-0.1, -0.05) is 0 Å². The average Bonchev–Trinajstić information content (AvgIpc) is 3.10. The molecule has 2 aliphatic rings. The Bertz CT molecular complexity index is 720. The lowest BCUT2D eigenvalue weighted by Crippen LogP contribution is -2.42. The summed E-state index contributed by atoms with van der Waals surface area (Å²) in [5, 5.41) is 3.19. The van der Waals surface area contributed by atoms with E-state index in [0.717, 1.165) is 44.1 Å². The minimum atomic E-state index is -0.0164. The lowest BCUT2D eigenvalue weighted by molar-refractivity contribution is 0.0927. The van der Waals surface area contributed by atoms with Gasteiger partial charge in [-0.05, 0) is 37.8 Å². The number of imidazole rings is 1. The summed E-state index contributed by atoms with van der Waals surface area (Å²) >= 11 is 0. The van der Waals surface area contributed by atoms with E-state index >= 15 is 0 Å². The van der Waals surface area contributed by atoms with Crippen molar-refractivity contribution in [2.75, 3.05) is 18.0 Å². The number of hydrogen-bond donors (Lipinski definition) is 1. The molecule has 24 heavy (non-hydrogen) atoms. The van der Waals surface area contributed by atoms with Crippen molar-refractivity contribution in [3.63, 3.8) is 0 Å². The monoisotopic (exact) mass is 325 g/mol. The van der Waals surface area contributed by atoms with E-state index in [1.165, 1.54) is 19.3 Å². The number of carbonyl (C=O) groups excluding carboxylic acids is 1. The van der Waals surface area contributed by atoms with Gasteiger partial charge in [0.15, 0.2) is 0 Å². The van der Waals surface area contributed by atoms with Gasteiger partial charge in [-0.15, -0.1) is 0 Å². The molecule has 126 valence electrons. The topological polar surface area (TPSA) is 63.1 Å². The van der Waals surface area contributed by atoms with Gasteiger partial charge in [0, 0.05) is 50.7 Å². The quantitative estimate of drug-likeness (QED) is 0.938. The Kier molecular flexibility index (Phi) is 4.19. The molecule has 0 aromatic carbocycles. The zero-order valence-corrected chi connectivity index (χ0v) is 13.8. The Balaban J connectivity index is 1.49. The highest BCUT2D eigenvalue weighted by Crippen LogP contribution is 2.22. The Morgan fingerprint density at radius 1 is 1.17 bits per heavy atom. The fraction of sp³-hybridized carbons (Fsp3) is 0.500. The van der Waals surface area contributed by atoms with Gasteiger partial charge in [-0.2, -0.15) is 0 Å². The van der Waals surface area contributed by atoms with Crippen molar-refractivity contribution in [3.8, 4) is 0 Å². The Morgan fingerprint density at radius 3 is 2.92 bits per heavy atom. The second kappa shape index (κ2) is 6.63. The van der Waals surface area contributed by atoms with Gasteiger partial charge in [0.25, 0.3) is 5.91 Å². The number of pyridine rings is 1. The minimum absolute atomic E-state index is 0.0164. The van der Waals surface area contributed by atoms with Crippen LogP contribution in [0.4, 0.5) is 5.82 Å². The number of piperidine rings is 1. The van der Waals surface area contributed by atoms with Gasteiger partial charge in [0.2, 0.25) is 0 Å². The maximum atomic E-state index is 12.8. The van der Waals surface area contributed by atoms with Crippen LogP contribution in [0.15, 0.2) is 30.7 Å². The Labute approximate surface area is 141 Å². The summed E-state index contributed by atoms with van der Waals surface area (Å²) in [6.45, 7) is 2.76. The molecule has 4 heterocycles. The van der Waals surface area contributed by atoms with Crippen LogP contribution in [-0.2, 0) is 13.0 Å². The fourth-order valence-electron chi connectivity index (χ4n) is 3.68. The minimum Gasteiger partial charge on any atom is -0.356 e. The highest BCUT2D eigenvalue weighted by atomic mass is 16.1. The Morgan fingerprint density at radius 2 is 2.04 bits per heavy atom. The zero-order valence-electron chi connectivity index (χ0n) is 13.8. The third-order valence-corrected chi connectivity index (χ3v) is 4.96. The first-order valence-corrected chi connectivity index (χ1v) is 8.82. The molecule has 1 saturated heterocycles. The van der Waals surface area contributed by atoms with Gasteiger partial charge in [0.1, 0.15) is 11.6 Å². The van der Waals surface area contributed by atoms with Crippen molar-refractivity contribution in [3.05, 3.63) is 42.1 Å². The van der Waals surface area contributed by atoms with E-state index in [4.69, 9.17) is 0 Å². The molecule has 2 aromatic rings. The number of aryl methyl sites for hydroxylation is 1. The summed E-state index contributed by atoms with van der Waals surface area (Å²) in [4.78, 5) is 23.9. The second-order valence-electron chi connectivity index (χ2n) is 6.63. The summed E-state index contributed by atoms with van der Waals surface area (Å²) in [6.07, 6.45) is 11.0. The summed E-state index contributed by atoms with van der Waals surface area (Å²) in [6, 6.07) is 3.88. The normalized spacial score (nSPS) is 20.5. The molecule has 0 saturated carbocycles. The summed E-state index contributed by atoms with van der Waals surface area (Å²) in [7, 11) is 0. The van der Waals surface area contributed by atoms with Crippen molar-refractivity contribution in [2.24, 2.45) is 0 Å². The predicted molar refractivity (Wildman–Crippen MR) is 92.1 cm³/mol. The predicted octanol–water partition coefficient (Wildman–Crippen LogP) is 2.01. The highest BCUT2D eigenvalue weighted by molar-refractivity contribution is 5.99. The molecule has 2 aromatic heterocycles. The molecule has 0 spiro atoms. The zero-order chi connectivity index (χ0) is 16.4. The number of nitrogens with zero attached hydrogens (tertiary/aromatic N) is 4. The summed E-state index contributed by atoms with van der Waals surface area (Å²) < 4.78 is 2.13. The molecule has 0 bridgehead atoms. The van der Waals surface area contributed by atoms with E-state index in [-0.39, 0.29) is 11.9 Å². The van der Waals surface area contributed by atoms with Gasteiger partial charge >= 0.3 is 0 Å². The first-order chi connectivity index (χ1) is 11.8. The molecule has 0 radical (unpaired) electrons. The van der Waals surface area contributed by atoms with E-state index in [1.54, 1.807) is 6.20 Å². The SMILES string of the molecule is O=C(N[C@@H]1CCc2nccn2C1)c1cccnc1N1CCCCC1. The molecule has 0 aliphatic carbocycles. The first kappa shape index (κ1) is 15.2. The second-order valence-corrected chi connectivity index (χ2v) is 6.63. The molecule has 1 N–H and O–H groups in total. The van der Waals surface area contributed by atoms with Gasteiger partial charge in [0.05, 0.1) is 5.56 Å². The molecule has 1 atom stereocenters. The number of aromatic nitrogens is 3. The van der Waals surface area contributed by atoms with E-state index in [9.17, 15) is 4.79 Å². The van der Waals surface area contributed by atoms with Gasteiger partial charge in [-0.3, -0.25) is 4.79 Å². The first-order valence-electron chi connectivity index (χ1n) is 8.82. The molecular formula is C18H23N5O. The summed E-state index contributed by atoms with van der Waals surface area (Å²) in [5.74, 6) is 1.92. The van der Waals surface area contributed by atoms with Crippen LogP contribution < -0.4 is 10.2 Å². The molecule has 4 rings (SSSR count). The third-order valence-electron chi connectivity index (χ3n) is 4.96. The van der Waals surface area contributed by atoms with Crippen molar-refractivity contribution >= 4 is 11.7 Å². The van der Waals surface area contributed by atoms with E-state index in [1.807, 2.05) is 24.5 Å². The van der Waals surface area contributed by atoms with Crippen LogP contribution in [0.3, 0.4) is 0 Å². The van der Waals surface area contributed by atoms with Gasteiger partial charge in [-0.25, -0.2) is 9.97 Å². The number of rotatable bonds is 3. The van der Waals surface area contributed by atoms with Crippen LogP contribution in [0.1, 0.15) is 41.9 Å². The number of amides is 1. The van der Waals surface area contributed by atoms with Crippen LogP contribution in [0.5, 0.6) is 0 Å². The van der Waals surface area contributed by atoms with E-state index in [2.05, 4.69) is 24.8 Å². The molecule has 6 heteroatoms. The standard InChI is InChI=1S/C18H23N5O/c24-18(21-14-6-7-16-19-9-12-23(16)13-14)15-5-4-8-20-17(15)22-10-2-1-3-11-22/h4-5,8-9,12,14H,1-3,6-7,10-11,13H2,(H,21,24)/t14-/m1/s1. The van der Waals surface area contributed by atoms with E-state index in [0.29, 0.717) is 5.56 Å². The van der Waals surface area contributed by atoms with Crippen molar-refractivity contribution in [2.45, 2.75) is 44.7 Å². The lowest BCUT2D eigenvalue weighted by Gasteiger charge is -2.30. The summed E-state index contributed by atoms with van der Waals surface area (Å²) in [5.41, 5.74) is 0.691. The number of carbonyl (C=O) groups is 1. The van der Waals surface area contributed by atoms with Crippen LogP contribution in [-0.4, -0.2) is 39.6 Å². The molecule has 1 amide bonds. The van der Waals surface area contributed by atoms with Crippen LogP contribution in [0, 0.1) is 0 Å². The maximum Gasteiger partial charge on any atom is 0.255 e. The maximum absolute atomic E-state index is 12.8. The average molecular weight is 325 g/mol. The number of nitrogens with one attached hydrogen (secondary N) is 1. The molecule has 6 nitrogen and oxygen atoms in total. The molecular weight excluding hydrogens is 302 g/mol. The smallest absolute Gasteiger partial charge is 0.255 e. The van der Waals surface area contributed by atoms with Crippen LogP contribution >= 0.6 is 0 Å². The number of hydrogen-bond acceptors (Lipinski definition) is 4. The highest BCUT2D eigenvalue weighted by Gasteiger charge is 2.24. The molecule has 1 fully saturated rings. The van der Waals surface area contributed by atoms with Crippen LogP contribution in [0.2, 0.25) is 0 Å². The molecule has 2 aliphatic heterocycles. The number of anilines is 1.